The number of pyridine rings is 1. The molecule has 1 aromatic heterocycles. The Hall–Kier alpha value is -3.14. The second kappa shape index (κ2) is 7.42. The van der Waals surface area contributed by atoms with Gasteiger partial charge in [-0.15, -0.1) is 0 Å². The van der Waals surface area contributed by atoms with Crippen LogP contribution >= 0.6 is 0 Å². The number of benzene rings is 2. The molecule has 0 radical (unpaired) electrons. The van der Waals surface area contributed by atoms with Gasteiger partial charge in [0, 0.05) is 11.9 Å². The SMILES string of the molecule is COc1ccc(N(Cc2ccccc2)C(=O)c2ccccn2)cc1. The molecule has 0 spiro atoms. The van der Waals surface area contributed by atoms with Crippen LogP contribution < -0.4 is 9.64 Å². The molecule has 2 aromatic carbocycles. The molecule has 0 aliphatic heterocycles. The van der Waals surface area contributed by atoms with Crippen molar-refractivity contribution in [3.8, 4) is 5.75 Å². The molecule has 4 heteroatoms. The van der Waals surface area contributed by atoms with Gasteiger partial charge in [-0.05, 0) is 42.0 Å². The van der Waals surface area contributed by atoms with Crippen LogP contribution in [-0.2, 0) is 6.54 Å². The Morgan fingerprint density at radius 2 is 1.67 bits per heavy atom. The Morgan fingerprint density at radius 1 is 0.958 bits per heavy atom. The van der Waals surface area contributed by atoms with E-state index in [9.17, 15) is 4.79 Å². The van der Waals surface area contributed by atoms with Gasteiger partial charge in [-0.2, -0.15) is 0 Å². The summed E-state index contributed by atoms with van der Waals surface area (Å²) in [5.74, 6) is 0.619. The summed E-state index contributed by atoms with van der Waals surface area (Å²) in [5.41, 5.74) is 2.28. The molecule has 0 N–H and O–H groups in total. The highest BCUT2D eigenvalue weighted by molar-refractivity contribution is 6.04. The van der Waals surface area contributed by atoms with E-state index >= 15 is 0 Å². The first kappa shape index (κ1) is 15.7. The third kappa shape index (κ3) is 3.60. The number of amides is 1. The lowest BCUT2D eigenvalue weighted by Gasteiger charge is -2.23. The van der Waals surface area contributed by atoms with E-state index in [0.717, 1.165) is 17.0 Å². The van der Waals surface area contributed by atoms with Crippen LogP contribution in [0.4, 0.5) is 5.69 Å². The fraction of sp³-hybridized carbons (Fsp3) is 0.100. The van der Waals surface area contributed by atoms with E-state index < -0.39 is 0 Å². The van der Waals surface area contributed by atoms with E-state index in [-0.39, 0.29) is 5.91 Å². The second-order valence-electron chi connectivity index (χ2n) is 5.29. The molecule has 3 aromatic rings. The van der Waals surface area contributed by atoms with Crippen molar-refractivity contribution in [2.24, 2.45) is 0 Å². The fourth-order valence-electron chi connectivity index (χ4n) is 2.44. The number of hydrogen-bond donors (Lipinski definition) is 0. The first-order chi connectivity index (χ1) is 11.8. The molecule has 24 heavy (non-hydrogen) atoms. The minimum absolute atomic E-state index is 0.135. The van der Waals surface area contributed by atoms with Gasteiger partial charge in [-0.1, -0.05) is 36.4 Å². The molecule has 0 atom stereocenters. The normalized spacial score (nSPS) is 10.2. The molecule has 4 nitrogen and oxygen atoms in total. The maximum absolute atomic E-state index is 12.9. The van der Waals surface area contributed by atoms with Crippen molar-refractivity contribution in [3.63, 3.8) is 0 Å². The second-order valence-corrected chi connectivity index (χ2v) is 5.29. The predicted octanol–water partition coefficient (Wildman–Crippen LogP) is 3.94. The van der Waals surface area contributed by atoms with Crippen LogP contribution in [-0.4, -0.2) is 18.0 Å². The molecular weight excluding hydrogens is 300 g/mol. The van der Waals surface area contributed by atoms with Crippen molar-refractivity contribution in [2.75, 3.05) is 12.0 Å². The number of aromatic nitrogens is 1. The summed E-state index contributed by atoms with van der Waals surface area (Å²) >= 11 is 0. The van der Waals surface area contributed by atoms with Crippen molar-refractivity contribution >= 4 is 11.6 Å². The Morgan fingerprint density at radius 3 is 2.29 bits per heavy atom. The number of anilines is 1. The summed E-state index contributed by atoms with van der Waals surface area (Å²) in [6, 6.07) is 22.7. The topological polar surface area (TPSA) is 42.4 Å². The molecule has 0 saturated carbocycles. The first-order valence-electron chi connectivity index (χ1n) is 7.69. The molecule has 0 unspecified atom stereocenters. The molecule has 120 valence electrons. The quantitative estimate of drug-likeness (QED) is 0.715. The summed E-state index contributed by atoms with van der Waals surface area (Å²) in [4.78, 5) is 18.8. The standard InChI is InChI=1S/C20H18N2O2/c1-24-18-12-10-17(11-13-18)22(15-16-7-3-2-4-8-16)20(23)19-9-5-6-14-21-19/h2-14H,15H2,1H3. The minimum Gasteiger partial charge on any atom is -0.497 e. The summed E-state index contributed by atoms with van der Waals surface area (Å²) in [7, 11) is 1.62. The maximum atomic E-state index is 12.9. The highest BCUT2D eigenvalue weighted by atomic mass is 16.5. The number of rotatable bonds is 5. The number of hydrogen-bond acceptors (Lipinski definition) is 3. The van der Waals surface area contributed by atoms with Gasteiger partial charge in [-0.25, -0.2) is 0 Å². The van der Waals surface area contributed by atoms with E-state index in [1.807, 2.05) is 60.7 Å². The molecule has 1 amide bonds. The van der Waals surface area contributed by atoms with Crippen molar-refractivity contribution in [1.82, 2.24) is 4.98 Å². The highest BCUT2D eigenvalue weighted by Gasteiger charge is 2.19. The summed E-state index contributed by atoms with van der Waals surface area (Å²) in [5, 5.41) is 0. The average Bonchev–Trinajstić information content (AvgIpc) is 2.67. The van der Waals surface area contributed by atoms with Crippen LogP contribution in [0.1, 0.15) is 16.1 Å². The first-order valence-corrected chi connectivity index (χ1v) is 7.69. The van der Waals surface area contributed by atoms with Gasteiger partial charge < -0.3 is 9.64 Å². The Kier molecular flexibility index (Phi) is 4.87. The smallest absolute Gasteiger partial charge is 0.277 e. The third-order valence-electron chi connectivity index (χ3n) is 3.70. The Bertz CT molecular complexity index is 787. The van der Waals surface area contributed by atoms with Gasteiger partial charge >= 0.3 is 0 Å². The predicted molar refractivity (Wildman–Crippen MR) is 94.2 cm³/mol. The molecule has 0 bridgehead atoms. The van der Waals surface area contributed by atoms with Gasteiger partial charge in [0.05, 0.1) is 13.7 Å². The van der Waals surface area contributed by atoms with E-state index in [2.05, 4.69) is 4.98 Å². The van der Waals surface area contributed by atoms with Gasteiger partial charge in [0.2, 0.25) is 0 Å². The lowest BCUT2D eigenvalue weighted by molar-refractivity contribution is 0.0980. The Labute approximate surface area is 141 Å². The van der Waals surface area contributed by atoms with Gasteiger partial charge in [0.15, 0.2) is 0 Å². The molecule has 1 heterocycles. The number of methoxy groups -OCH3 is 1. The maximum Gasteiger partial charge on any atom is 0.277 e. The molecule has 0 aliphatic carbocycles. The van der Waals surface area contributed by atoms with Crippen LogP contribution in [0.5, 0.6) is 5.75 Å². The number of carbonyl (C=O) groups is 1. The Balaban J connectivity index is 1.95. The van der Waals surface area contributed by atoms with E-state index in [1.54, 1.807) is 30.3 Å². The monoisotopic (exact) mass is 318 g/mol. The lowest BCUT2D eigenvalue weighted by Crippen LogP contribution is -2.31. The molecule has 0 fully saturated rings. The van der Waals surface area contributed by atoms with Crippen LogP contribution in [0, 0.1) is 0 Å². The largest absolute Gasteiger partial charge is 0.497 e. The van der Waals surface area contributed by atoms with E-state index in [1.165, 1.54) is 0 Å². The van der Waals surface area contributed by atoms with Crippen LogP contribution in [0.25, 0.3) is 0 Å². The lowest BCUT2D eigenvalue weighted by atomic mass is 10.1. The number of carbonyl (C=O) groups excluding carboxylic acids is 1. The van der Waals surface area contributed by atoms with Crippen molar-refractivity contribution in [3.05, 3.63) is 90.3 Å². The van der Waals surface area contributed by atoms with Gasteiger partial charge in [0.25, 0.3) is 5.91 Å². The molecule has 3 rings (SSSR count). The van der Waals surface area contributed by atoms with E-state index in [0.29, 0.717) is 12.2 Å². The zero-order valence-electron chi connectivity index (χ0n) is 13.4. The molecule has 0 aliphatic rings. The number of nitrogens with zero attached hydrogens (tertiary/aromatic N) is 2. The van der Waals surface area contributed by atoms with Gasteiger partial charge in [0.1, 0.15) is 11.4 Å². The van der Waals surface area contributed by atoms with Crippen molar-refractivity contribution in [1.29, 1.82) is 0 Å². The third-order valence-corrected chi connectivity index (χ3v) is 3.70. The average molecular weight is 318 g/mol. The zero-order chi connectivity index (χ0) is 16.8. The van der Waals surface area contributed by atoms with Crippen molar-refractivity contribution in [2.45, 2.75) is 6.54 Å². The molecular formula is C20H18N2O2. The zero-order valence-corrected chi connectivity index (χ0v) is 13.4. The summed E-state index contributed by atoms with van der Waals surface area (Å²) in [6.45, 7) is 0.475. The number of ether oxygens (including phenoxy) is 1. The van der Waals surface area contributed by atoms with Crippen molar-refractivity contribution < 1.29 is 9.53 Å². The highest BCUT2D eigenvalue weighted by Crippen LogP contribution is 2.22. The fourth-order valence-corrected chi connectivity index (χ4v) is 2.44. The summed E-state index contributed by atoms with van der Waals surface area (Å²) < 4.78 is 5.20. The van der Waals surface area contributed by atoms with Gasteiger partial charge in [-0.3, -0.25) is 9.78 Å². The van der Waals surface area contributed by atoms with Crippen LogP contribution in [0.3, 0.4) is 0 Å². The van der Waals surface area contributed by atoms with E-state index in [4.69, 9.17) is 4.74 Å². The molecule has 0 saturated heterocycles. The van der Waals surface area contributed by atoms with Crippen LogP contribution in [0.15, 0.2) is 79.0 Å². The summed E-state index contributed by atoms with van der Waals surface area (Å²) in [6.07, 6.45) is 1.63. The minimum atomic E-state index is -0.135. The van der Waals surface area contributed by atoms with Crippen LogP contribution in [0.2, 0.25) is 0 Å².